The molecule has 5 nitrogen and oxygen atoms in total. The molecule has 0 saturated carbocycles. The number of carbonyl (C=O) groups excluding carboxylic acids is 1. The van der Waals surface area contributed by atoms with E-state index in [-0.39, 0.29) is 23.6 Å². The van der Waals surface area contributed by atoms with Gasteiger partial charge in [-0.3, -0.25) is 20.2 Å². The summed E-state index contributed by atoms with van der Waals surface area (Å²) >= 11 is 0. The second-order valence-electron chi connectivity index (χ2n) is 4.70. The fourth-order valence-electron chi connectivity index (χ4n) is 2.24. The predicted molar refractivity (Wildman–Crippen MR) is 73.5 cm³/mol. The molecular weight excluding hydrogens is 256 g/mol. The number of non-ortho nitro benzene ring substituents is 1. The lowest BCUT2D eigenvalue weighted by atomic mass is 10.0. The van der Waals surface area contributed by atoms with Crippen LogP contribution >= 0.6 is 0 Å². The Bertz CT molecular complexity index is 653. The number of benzene rings is 2. The van der Waals surface area contributed by atoms with Crippen LogP contribution in [0.3, 0.4) is 0 Å². The Labute approximate surface area is 115 Å². The van der Waals surface area contributed by atoms with E-state index in [0.717, 1.165) is 5.56 Å². The van der Waals surface area contributed by atoms with Crippen LogP contribution in [0, 0.1) is 10.1 Å². The number of nitrogens with zero attached hydrogens (tertiary/aromatic N) is 1. The second-order valence-corrected chi connectivity index (χ2v) is 4.70. The number of nitro groups is 1. The first kappa shape index (κ1) is 12.5. The Morgan fingerprint density at radius 1 is 1.05 bits per heavy atom. The average molecular weight is 268 g/mol. The molecule has 2 unspecified atom stereocenters. The number of rotatable bonds is 4. The molecule has 2 aromatic rings. The van der Waals surface area contributed by atoms with Gasteiger partial charge in [0, 0.05) is 17.7 Å². The lowest BCUT2D eigenvalue weighted by molar-refractivity contribution is -0.384. The third-order valence-electron chi connectivity index (χ3n) is 3.39. The minimum Gasteiger partial charge on any atom is -0.297 e. The van der Waals surface area contributed by atoms with Crippen molar-refractivity contribution in [1.82, 2.24) is 5.32 Å². The topological polar surface area (TPSA) is 82.1 Å². The van der Waals surface area contributed by atoms with E-state index in [2.05, 4.69) is 5.32 Å². The number of ketones is 1. The summed E-state index contributed by atoms with van der Waals surface area (Å²) in [5.74, 6) is -0.0336. The smallest absolute Gasteiger partial charge is 0.269 e. The van der Waals surface area contributed by atoms with Gasteiger partial charge in [-0.2, -0.15) is 0 Å². The summed E-state index contributed by atoms with van der Waals surface area (Å²) in [6, 6.07) is 15.3. The predicted octanol–water partition coefficient (Wildman–Crippen LogP) is 2.49. The lowest BCUT2D eigenvalue weighted by Gasteiger charge is -1.99. The quantitative estimate of drug-likeness (QED) is 0.399. The Morgan fingerprint density at radius 3 is 2.30 bits per heavy atom. The van der Waals surface area contributed by atoms with Crippen molar-refractivity contribution in [1.29, 1.82) is 0 Å². The van der Waals surface area contributed by atoms with Gasteiger partial charge in [0.1, 0.15) is 0 Å². The van der Waals surface area contributed by atoms with E-state index in [1.807, 2.05) is 30.3 Å². The van der Waals surface area contributed by atoms with Crippen LogP contribution in [-0.4, -0.2) is 16.7 Å². The fourth-order valence-corrected chi connectivity index (χ4v) is 2.24. The Kier molecular flexibility index (Phi) is 3.04. The first-order valence-electron chi connectivity index (χ1n) is 6.26. The zero-order chi connectivity index (χ0) is 14.1. The van der Waals surface area contributed by atoms with Crippen LogP contribution < -0.4 is 5.32 Å². The number of nitro benzene ring substituents is 1. The van der Waals surface area contributed by atoms with Gasteiger partial charge in [0.25, 0.3) is 5.69 Å². The molecule has 1 heterocycles. The maximum atomic E-state index is 12.2. The maximum absolute atomic E-state index is 12.2. The van der Waals surface area contributed by atoms with Crippen LogP contribution in [0.1, 0.15) is 22.0 Å². The summed E-state index contributed by atoms with van der Waals surface area (Å²) in [6.45, 7) is 0. The van der Waals surface area contributed by atoms with Gasteiger partial charge in [-0.25, -0.2) is 0 Å². The molecule has 1 aliphatic heterocycles. The standard InChI is InChI=1S/C15H12N2O3/c18-15(11-6-8-12(9-7-11)17(19)20)14-13(16-14)10-4-2-1-3-5-10/h1-9,13-14,16H. The second kappa shape index (κ2) is 4.86. The molecule has 0 spiro atoms. The molecule has 0 aromatic heterocycles. The number of nitrogens with one attached hydrogen (secondary N) is 1. The van der Waals surface area contributed by atoms with Crippen molar-refractivity contribution in [3.05, 3.63) is 75.8 Å². The van der Waals surface area contributed by atoms with Crippen molar-refractivity contribution in [3.63, 3.8) is 0 Å². The van der Waals surface area contributed by atoms with Gasteiger partial charge in [-0.15, -0.1) is 0 Å². The van der Waals surface area contributed by atoms with E-state index in [9.17, 15) is 14.9 Å². The highest BCUT2D eigenvalue weighted by molar-refractivity contribution is 6.02. The van der Waals surface area contributed by atoms with Crippen molar-refractivity contribution in [2.24, 2.45) is 0 Å². The molecule has 0 radical (unpaired) electrons. The molecular formula is C15H12N2O3. The molecule has 3 rings (SSSR count). The molecule has 0 bridgehead atoms. The van der Waals surface area contributed by atoms with Crippen molar-refractivity contribution in [3.8, 4) is 0 Å². The Morgan fingerprint density at radius 2 is 1.70 bits per heavy atom. The van der Waals surface area contributed by atoms with E-state index >= 15 is 0 Å². The normalized spacial score (nSPS) is 20.4. The summed E-state index contributed by atoms with van der Waals surface area (Å²) in [4.78, 5) is 22.3. The Hall–Kier alpha value is -2.53. The molecule has 2 atom stereocenters. The van der Waals surface area contributed by atoms with Gasteiger partial charge in [-0.1, -0.05) is 30.3 Å². The SMILES string of the molecule is O=C(c1ccc([N+](=O)[O-])cc1)C1NC1c1ccccc1. The summed E-state index contributed by atoms with van der Waals surface area (Å²) in [5, 5.41) is 13.7. The van der Waals surface area contributed by atoms with Crippen molar-refractivity contribution in [2.75, 3.05) is 0 Å². The van der Waals surface area contributed by atoms with Crippen LogP contribution in [0.5, 0.6) is 0 Å². The third-order valence-corrected chi connectivity index (χ3v) is 3.39. The van der Waals surface area contributed by atoms with E-state index in [0.29, 0.717) is 5.56 Å². The molecule has 100 valence electrons. The van der Waals surface area contributed by atoms with Crippen LogP contribution in [-0.2, 0) is 0 Å². The average Bonchev–Trinajstić information content (AvgIpc) is 3.28. The number of hydrogen-bond donors (Lipinski definition) is 1. The zero-order valence-electron chi connectivity index (χ0n) is 10.5. The molecule has 1 saturated heterocycles. The molecule has 20 heavy (non-hydrogen) atoms. The fraction of sp³-hybridized carbons (Fsp3) is 0.133. The molecule has 1 fully saturated rings. The third kappa shape index (κ3) is 2.31. The largest absolute Gasteiger partial charge is 0.297 e. The van der Waals surface area contributed by atoms with Gasteiger partial charge in [0.15, 0.2) is 5.78 Å². The number of Topliss-reactive ketones (excluding diaryl/α,β-unsaturated/α-hetero) is 1. The highest BCUT2D eigenvalue weighted by Gasteiger charge is 2.43. The molecule has 2 aromatic carbocycles. The van der Waals surface area contributed by atoms with E-state index in [4.69, 9.17) is 0 Å². The Balaban J connectivity index is 1.73. The molecule has 1 aliphatic rings. The lowest BCUT2D eigenvalue weighted by Crippen LogP contribution is -2.10. The van der Waals surface area contributed by atoms with Gasteiger partial charge in [-0.05, 0) is 17.7 Å². The zero-order valence-corrected chi connectivity index (χ0v) is 10.5. The molecule has 5 heteroatoms. The van der Waals surface area contributed by atoms with Gasteiger partial charge in [0.05, 0.1) is 17.0 Å². The summed E-state index contributed by atoms with van der Waals surface area (Å²) in [5.41, 5.74) is 1.56. The minimum absolute atomic E-state index is 0.00934. The van der Waals surface area contributed by atoms with Crippen molar-refractivity contribution < 1.29 is 9.72 Å². The van der Waals surface area contributed by atoms with Crippen molar-refractivity contribution in [2.45, 2.75) is 12.1 Å². The number of hydrogen-bond acceptors (Lipinski definition) is 4. The van der Waals surface area contributed by atoms with Crippen LogP contribution in [0.2, 0.25) is 0 Å². The minimum atomic E-state index is -0.476. The van der Waals surface area contributed by atoms with Gasteiger partial charge < -0.3 is 0 Å². The first-order valence-corrected chi connectivity index (χ1v) is 6.26. The first-order chi connectivity index (χ1) is 9.66. The van der Waals surface area contributed by atoms with E-state index in [1.54, 1.807) is 0 Å². The van der Waals surface area contributed by atoms with Crippen LogP contribution in [0.25, 0.3) is 0 Å². The molecule has 0 amide bonds. The molecule has 1 N–H and O–H groups in total. The van der Waals surface area contributed by atoms with Crippen molar-refractivity contribution >= 4 is 11.5 Å². The van der Waals surface area contributed by atoms with Crippen LogP contribution in [0.4, 0.5) is 5.69 Å². The highest BCUT2D eigenvalue weighted by Crippen LogP contribution is 2.32. The van der Waals surface area contributed by atoms with Crippen LogP contribution in [0.15, 0.2) is 54.6 Å². The summed E-state index contributed by atoms with van der Waals surface area (Å²) in [6.07, 6.45) is 0. The van der Waals surface area contributed by atoms with Gasteiger partial charge in [0.2, 0.25) is 0 Å². The number of carbonyl (C=O) groups is 1. The van der Waals surface area contributed by atoms with E-state index < -0.39 is 4.92 Å². The molecule has 0 aliphatic carbocycles. The monoisotopic (exact) mass is 268 g/mol. The highest BCUT2D eigenvalue weighted by atomic mass is 16.6. The maximum Gasteiger partial charge on any atom is 0.269 e. The summed E-state index contributed by atoms with van der Waals surface area (Å²) < 4.78 is 0. The summed E-state index contributed by atoms with van der Waals surface area (Å²) in [7, 11) is 0. The van der Waals surface area contributed by atoms with Gasteiger partial charge >= 0.3 is 0 Å². The van der Waals surface area contributed by atoms with E-state index in [1.165, 1.54) is 24.3 Å².